The molecule has 1 aromatic heterocycles. The van der Waals surface area contributed by atoms with Crippen molar-refractivity contribution in [2.45, 2.75) is 31.9 Å². The van der Waals surface area contributed by atoms with Crippen LogP contribution >= 0.6 is 0 Å². The van der Waals surface area contributed by atoms with Crippen LogP contribution in [0.4, 0.5) is 0 Å². The van der Waals surface area contributed by atoms with Gasteiger partial charge in [-0.05, 0) is 25.0 Å². The van der Waals surface area contributed by atoms with Crippen molar-refractivity contribution in [3.05, 3.63) is 30.6 Å². The molecule has 3 rings (SSSR count). The first-order chi connectivity index (χ1) is 9.74. The molecule has 0 bridgehead atoms. The van der Waals surface area contributed by atoms with Crippen molar-refractivity contribution >= 4 is 16.9 Å². The van der Waals surface area contributed by atoms with Crippen molar-refractivity contribution in [1.82, 2.24) is 14.5 Å². The van der Waals surface area contributed by atoms with E-state index < -0.39 is 0 Å². The van der Waals surface area contributed by atoms with E-state index in [1.165, 1.54) is 0 Å². The standard InChI is InChI=1S/C15H19N3O2/c19-12-5-8-17(9-6-12)15(20)7-10-18-11-16-13-3-1-2-4-14(13)18/h1-4,11-12,19H,5-10H2. The molecule has 1 fully saturated rings. The highest BCUT2D eigenvalue weighted by molar-refractivity contribution is 5.77. The van der Waals surface area contributed by atoms with Crippen LogP contribution in [-0.2, 0) is 11.3 Å². The monoisotopic (exact) mass is 273 g/mol. The van der Waals surface area contributed by atoms with Crippen molar-refractivity contribution in [3.63, 3.8) is 0 Å². The summed E-state index contributed by atoms with van der Waals surface area (Å²) >= 11 is 0. The van der Waals surface area contributed by atoms with E-state index in [-0.39, 0.29) is 12.0 Å². The minimum Gasteiger partial charge on any atom is -0.393 e. The molecule has 2 heterocycles. The summed E-state index contributed by atoms with van der Waals surface area (Å²) in [5.74, 6) is 0.162. The summed E-state index contributed by atoms with van der Waals surface area (Å²) in [4.78, 5) is 18.3. The number of carbonyl (C=O) groups is 1. The number of benzene rings is 1. The van der Waals surface area contributed by atoms with Gasteiger partial charge in [0.1, 0.15) is 0 Å². The molecule has 0 unspecified atom stereocenters. The van der Waals surface area contributed by atoms with Crippen molar-refractivity contribution < 1.29 is 9.90 Å². The Kier molecular flexibility index (Phi) is 3.69. The normalized spacial score (nSPS) is 16.8. The number of carbonyl (C=O) groups excluding carboxylic acids is 1. The lowest BCUT2D eigenvalue weighted by atomic mass is 10.1. The maximum absolute atomic E-state index is 12.1. The van der Waals surface area contributed by atoms with Gasteiger partial charge in [-0.1, -0.05) is 12.1 Å². The van der Waals surface area contributed by atoms with E-state index in [2.05, 4.69) is 4.98 Å². The van der Waals surface area contributed by atoms with Gasteiger partial charge in [-0.3, -0.25) is 4.79 Å². The Labute approximate surface area is 117 Å². The van der Waals surface area contributed by atoms with Gasteiger partial charge in [-0.25, -0.2) is 4.98 Å². The summed E-state index contributed by atoms with van der Waals surface area (Å²) in [6, 6.07) is 7.93. The molecule has 1 aromatic carbocycles. The summed E-state index contributed by atoms with van der Waals surface area (Å²) in [5.41, 5.74) is 2.02. The molecular weight excluding hydrogens is 254 g/mol. The zero-order valence-electron chi connectivity index (χ0n) is 11.4. The number of amides is 1. The lowest BCUT2D eigenvalue weighted by Gasteiger charge is -2.29. The number of imidazole rings is 1. The number of aliphatic hydroxyl groups excluding tert-OH is 1. The van der Waals surface area contributed by atoms with Crippen LogP contribution < -0.4 is 0 Å². The largest absolute Gasteiger partial charge is 0.393 e. The second kappa shape index (κ2) is 5.63. The summed E-state index contributed by atoms with van der Waals surface area (Å²) in [7, 11) is 0. The molecule has 106 valence electrons. The van der Waals surface area contributed by atoms with Crippen molar-refractivity contribution in [3.8, 4) is 0 Å². The second-order valence-electron chi connectivity index (χ2n) is 5.29. The number of aryl methyl sites for hydroxylation is 1. The number of piperidine rings is 1. The van der Waals surface area contributed by atoms with Crippen LogP contribution in [0.25, 0.3) is 11.0 Å². The molecule has 1 aliphatic rings. The van der Waals surface area contributed by atoms with Gasteiger partial charge in [0.15, 0.2) is 0 Å². The Morgan fingerprint density at radius 3 is 2.85 bits per heavy atom. The predicted molar refractivity (Wildman–Crippen MR) is 76.2 cm³/mol. The van der Waals surface area contributed by atoms with Crippen LogP contribution in [-0.4, -0.2) is 44.7 Å². The number of aromatic nitrogens is 2. The number of nitrogens with zero attached hydrogens (tertiary/aromatic N) is 3. The van der Waals surface area contributed by atoms with Crippen LogP contribution in [0.3, 0.4) is 0 Å². The fourth-order valence-corrected chi connectivity index (χ4v) is 2.68. The maximum Gasteiger partial charge on any atom is 0.224 e. The van der Waals surface area contributed by atoms with Crippen LogP contribution in [0.1, 0.15) is 19.3 Å². The molecule has 20 heavy (non-hydrogen) atoms. The first-order valence-electron chi connectivity index (χ1n) is 7.10. The highest BCUT2D eigenvalue weighted by Crippen LogP contribution is 2.14. The molecule has 1 aliphatic heterocycles. The highest BCUT2D eigenvalue weighted by Gasteiger charge is 2.20. The first-order valence-corrected chi connectivity index (χ1v) is 7.10. The molecule has 2 aromatic rings. The lowest BCUT2D eigenvalue weighted by Crippen LogP contribution is -2.40. The molecule has 1 saturated heterocycles. The Balaban J connectivity index is 1.60. The summed E-state index contributed by atoms with van der Waals surface area (Å²) < 4.78 is 2.02. The van der Waals surface area contributed by atoms with Gasteiger partial charge in [-0.2, -0.15) is 0 Å². The van der Waals surface area contributed by atoms with Gasteiger partial charge in [0.25, 0.3) is 0 Å². The fourth-order valence-electron chi connectivity index (χ4n) is 2.68. The molecule has 1 amide bonds. The molecule has 0 saturated carbocycles. The maximum atomic E-state index is 12.1. The number of hydrogen-bond donors (Lipinski definition) is 1. The zero-order valence-corrected chi connectivity index (χ0v) is 11.4. The minimum atomic E-state index is -0.239. The average Bonchev–Trinajstić information content (AvgIpc) is 2.89. The van der Waals surface area contributed by atoms with Gasteiger partial charge in [0.05, 0.1) is 23.5 Å². The summed E-state index contributed by atoms with van der Waals surface area (Å²) in [5, 5.41) is 9.46. The van der Waals surface area contributed by atoms with Gasteiger partial charge < -0.3 is 14.6 Å². The number of aliphatic hydroxyl groups is 1. The van der Waals surface area contributed by atoms with Gasteiger partial charge in [0, 0.05) is 26.1 Å². The van der Waals surface area contributed by atoms with E-state index in [4.69, 9.17) is 0 Å². The van der Waals surface area contributed by atoms with Crippen LogP contribution in [0.15, 0.2) is 30.6 Å². The zero-order chi connectivity index (χ0) is 13.9. The average molecular weight is 273 g/mol. The van der Waals surface area contributed by atoms with E-state index in [1.54, 1.807) is 6.33 Å². The SMILES string of the molecule is O=C(CCn1cnc2ccccc21)N1CCC(O)CC1. The molecule has 1 N–H and O–H groups in total. The molecular formula is C15H19N3O2. The Bertz CT molecular complexity index is 600. The van der Waals surface area contributed by atoms with Crippen LogP contribution in [0.5, 0.6) is 0 Å². The molecule has 5 nitrogen and oxygen atoms in total. The highest BCUT2D eigenvalue weighted by atomic mass is 16.3. The van der Waals surface area contributed by atoms with Gasteiger partial charge in [0.2, 0.25) is 5.91 Å². The Hall–Kier alpha value is -1.88. The number of fused-ring (bicyclic) bond motifs is 1. The number of hydrogen-bond acceptors (Lipinski definition) is 3. The third kappa shape index (κ3) is 2.67. The van der Waals surface area contributed by atoms with E-state index in [0.717, 1.165) is 11.0 Å². The smallest absolute Gasteiger partial charge is 0.224 e. The molecule has 0 radical (unpaired) electrons. The number of likely N-dealkylation sites (tertiary alicyclic amines) is 1. The Morgan fingerprint density at radius 2 is 2.05 bits per heavy atom. The van der Waals surface area contributed by atoms with E-state index in [9.17, 15) is 9.90 Å². The van der Waals surface area contributed by atoms with Crippen molar-refractivity contribution in [2.75, 3.05) is 13.1 Å². The summed E-state index contributed by atoms with van der Waals surface area (Å²) in [6.45, 7) is 1.99. The molecule has 0 spiro atoms. The Morgan fingerprint density at radius 1 is 1.30 bits per heavy atom. The fraction of sp³-hybridized carbons (Fsp3) is 0.467. The topological polar surface area (TPSA) is 58.4 Å². The van der Waals surface area contributed by atoms with E-state index in [1.807, 2.05) is 33.7 Å². The quantitative estimate of drug-likeness (QED) is 0.920. The predicted octanol–water partition coefficient (Wildman–Crippen LogP) is 1.41. The van der Waals surface area contributed by atoms with Crippen molar-refractivity contribution in [2.24, 2.45) is 0 Å². The number of rotatable bonds is 3. The lowest BCUT2D eigenvalue weighted by molar-refractivity contribution is -0.133. The first kappa shape index (κ1) is 13.1. The van der Waals surface area contributed by atoms with Crippen LogP contribution in [0.2, 0.25) is 0 Å². The molecule has 0 aliphatic carbocycles. The van der Waals surface area contributed by atoms with Gasteiger partial charge in [-0.15, -0.1) is 0 Å². The van der Waals surface area contributed by atoms with E-state index in [0.29, 0.717) is 38.9 Å². The minimum absolute atomic E-state index is 0.162. The summed E-state index contributed by atoms with van der Waals surface area (Å²) in [6.07, 6.45) is 3.42. The third-order valence-electron chi connectivity index (χ3n) is 3.91. The number of para-hydroxylation sites is 2. The van der Waals surface area contributed by atoms with Crippen molar-refractivity contribution in [1.29, 1.82) is 0 Å². The third-order valence-corrected chi connectivity index (χ3v) is 3.91. The molecule has 0 atom stereocenters. The van der Waals surface area contributed by atoms with Crippen LogP contribution in [0, 0.1) is 0 Å². The van der Waals surface area contributed by atoms with Gasteiger partial charge >= 0.3 is 0 Å². The second-order valence-corrected chi connectivity index (χ2v) is 5.29. The van der Waals surface area contributed by atoms with E-state index >= 15 is 0 Å². The molecule has 5 heteroatoms.